The van der Waals surface area contributed by atoms with E-state index in [1.165, 1.54) is 28.7 Å². The van der Waals surface area contributed by atoms with Gasteiger partial charge in [0.25, 0.3) is 0 Å². The van der Waals surface area contributed by atoms with Gasteiger partial charge in [-0.15, -0.1) is 10.2 Å². The molecule has 3 N–H and O–H groups in total. The third-order valence-electron chi connectivity index (χ3n) is 3.37. The third kappa shape index (κ3) is 6.09. The molecule has 0 saturated carbocycles. The molecule has 0 aliphatic heterocycles. The highest BCUT2D eigenvalue weighted by Gasteiger charge is 2.09. The number of nitrogens with two attached hydrogens (primary N) is 1. The van der Waals surface area contributed by atoms with Gasteiger partial charge in [-0.25, -0.2) is 0 Å². The summed E-state index contributed by atoms with van der Waals surface area (Å²) in [6.45, 7) is 0. The first-order valence-electron chi connectivity index (χ1n) is 7.93. The maximum absolute atomic E-state index is 12.0. The highest BCUT2D eigenvalue weighted by molar-refractivity contribution is 8.03. The Labute approximate surface area is 169 Å². The molecule has 27 heavy (non-hydrogen) atoms. The van der Waals surface area contributed by atoms with Crippen LogP contribution >= 0.6 is 34.9 Å². The van der Waals surface area contributed by atoms with Crippen molar-refractivity contribution in [2.45, 2.75) is 14.4 Å². The Hall–Kier alpha value is -2.36. The summed E-state index contributed by atoms with van der Waals surface area (Å²) in [5.41, 5.74) is 7.43. The van der Waals surface area contributed by atoms with E-state index < -0.39 is 5.91 Å². The van der Waals surface area contributed by atoms with E-state index in [1.807, 2.05) is 18.2 Å². The van der Waals surface area contributed by atoms with Gasteiger partial charge in [-0.1, -0.05) is 65.2 Å². The number of aromatic nitrogens is 2. The zero-order valence-electron chi connectivity index (χ0n) is 14.1. The number of amides is 2. The number of hydrogen-bond acceptors (Lipinski definition) is 7. The van der Waals surface area contributed by atoms with Gasteiger partial charge in [0.1, 0.15) is 0 Å². The molecule has 0 aliphatic rings. The topological polar surface area (TPSA) is 98.0 Å². The van der Waals surface area contributed by atoms with Gasteiger partial charge >= 0.3 is 0 Å². The van der Waals surface area contributed by atoms with Crippen molar-refractivity contribution in [3.63, 3.8) is 0 Å². The SMILES string of the molecule is NC(=O)c1ccc(NC(=O)CSc2nnc(SCc3ccccc3)s2)cc1. The molecule has 0 aliphatic carbocycles. The number of hydrogen-bond donors (Lipinski definition) is 2. The molecule has 2 aromatic carbocycles. The molecule has 0 radical (unpaired) electrons. The number of primary amides is 1. The molecule has 0 saturated heterocycles. The van der Waals surface area contributed by atoms with Crippen LogP contribution in [-0.4, -0.2) is 27.8 Å². The van der Waals surface area contributed by atoms with E-state index in [1.54, 1.807) is 36.0 Å². The Balaban J connectivity index is 1.45. The van der Waals surface area contributed by atoms with Crippen LogP contribution in [0.3, 0.4) is 0 Å². The molecule has 3 aromatic rings. The summed E-state index contributed by atoms with van der Waals surface area (Å²) >= 11 is 4.45. The standard InChI is InChI=1S/C18H16N4O2S3/c19-16(24)13-6-8-14(9-7-13)20-15(23)11-26-18-22-21-17(27-18)25-10-12-4-2-1-3-5-12/h1-9H,10-11H2,(H2,19,24)(H,20,23). The van der Waals surface area contributed by atoms with Crippen LogP contribution in [0.4, 0.5) is 5.69 Å². The molecule has 6 nitrogen and oxygen atoms in total. The summed E-state index contributed by atoms with van der Waals surface area (Å²) in [6, 6.07) is 16.6. The molecular formula is C18H16N4O2S3. The van der Waals surface area contributed by atoms with Crippen molar-refractivity contribution in [2.24, 2.45) is 5.73 Å². The Morgan fingerprint density at radius 2 is 1.63 bits per heavy atom. The van der Waals surface area contributed by atoms with Crippen LogP contribution in [0, 0.1) is 0 Å². The highest BCUT2D eigenvalue weighted by atomic mass is 32.2. The second kappa shape index (κ2) is 9.54. The molecule has 0 atom stereocenters. The number of nitrogens with one attached hydrogen (secondary N) is 1. The fourth-order valence-electron chi connectivity index (χ4n) is 2.08. The number of benzene rings is 2. The van der Waals surface area contributed by atoms with Gasteiger partial charge in [-0.3, -0.25) is 9.59 Å². The van der Waals surface area contributed by atoms with Gasteiger partial charge in [0, 0.05) is 17.0 Å². The van der Waals surface area contributed by atoms with Gasteiger partial charge in [-0.2, -0.15) is 0 Å². The molecule has 0 unspecified atom stereocenters. The average molecular weight is 417 g/mol. The maximum atomic E-state index is 12.0. The van der Waals surface area contributed by atoms with Gasteiger partial charge in [0.2, 0.25) is 11.8 Å². The minimum absolute atomic E-state index is 0.152. The maximum Gasteiger partial charge on any atom is 0.248 e. The zero-order valence-corrected chi connectivity index (χ0v) is 16.6. The Bertz CT molecular complexity index is 914. The van der Waals surface area contributed by atoms with Gasteiger partial charge < -0.3 is 11.1 Å². The average Bonchev–Trinajstić information content (AvgIpc) is 3.14. The summed E-state index contributed by atoms with van der Waals surface area (Å²) in [4.78, 5) is 23.1. The van der Waals surface area contributed by atoms with Gasteiger partial charge in [0.05, 0.1) is 5.75 Å². The second-order valence-corrected chi connectivity index (χ2v) is 8.81. The number of carbonyl (C=O) groups is 2. The van der Waals surface area contributed by atoms with E-state index in [4.69, 9.17) is 5.73 Å². The molecule has 0 bridgehead atoms. The Morgan fingerprint density at radius 3 is 2.30 bits per heavy atom. The van der Waals surface area contributed by atoms with Crippen LogP contribution in [0.15, 0.2) is 63.3 Å². The quantitative estimate of drug-likeness (QED) is 0.544. The van der Waals surface area contributed by atoms with Crippen molar-refractivity contribution < 1.29 is 9.59 Å². The van der Waals surface area contributed by atoms with Gasteiger partial charge in [0.15, 0.2) is 8.68 Å². The number of carbonyl (C=O) groups excluding carboxylic acids is 2. The first kappa shape index (κ1) is 19.4. The van der Waals surface area contributed by atoms with Crippen molar-refractivity contribution in [3.8, 4) is 0 Å². The summed E-state index contributed by atoms with van der Waals surface area (Å²) in [6.07, 6.45) is 0. The van der Waals surface area contributed by atoms with E-state index in [9.17, 15) is 9.59 Å². The van der Waals surface area contributed by atoms with E-state index in [0.717, 1.165) is 14.4 Å². The molecule has 3 rings (SSSR count). The van der Waals surface area contributed by atoms with Crippen molar-refractivity contribution in [2.75, 3.05) is 11.1 Å². The Kier molecular flexibility index (Phi) is 6.86. The van der Waals surface area contributed by atoms with Crippen molar-refractivity contribution in [1.29, 1.82) is 0 Å². The Morgan fingerprint density at radius 1 is 0.963 bits per heavy atom. The molecule has 1 heterocycles. The summed E-state index contributed by atoms with van der Waals surface area (Å²) in [5, 5.41) is 11.0. The first-order chi connectivity index (χ1) is 13.1. The summed E-state index contributed by atoms with van der Waals surface area (Å²) in [7, 11) is 0. The van der Waals surface area contributed by atoms with Crippen LogP contribution in [0.1, 0.15) is 15.9 Å². The molecular weight excluding hydrogens is 400 g/mol. The minimum Gasteiger partial charge on any atom is -0.366 e. The molecule has 0 fully saturated rings. The predicted molar refractivity (Wildman–Crippen MR) is 110 cm³/mol. The monoisotopic (exact) mass is 416 g/mol. The van der Waals surface area contributed by atoms with Crippen LogP contribution < -0.4 is 11.1 Å². The van der Waals surface area contributed by atoms with E-state index in [2.05, 4.69) is 27.6 Å². The fourth-order valence-corrected chi connectivity index (χ4v) is 4.85. The normalized spacial score (nSPS) is 10.5. The van der Waals surface area contributed by atoms with Crippen LogP contribution in [0.25, 0.3) is 0 Å². The fraction of sp³-hybridized carbons (Fsp3) is 0.111. The lowest BCUT2D eigenvalue weighted by Crippen LogP contribution is -2.14. The van der Waals surface area contributed by atoms with Crippen molar-refractivity contribution in [3.05, 3.63) is 65.7 Å². The smallest absolute Gasteiger partial charge is 0.248 e. The number of thioether (sulfide) groups is 2. The lowest BCUT2D eigenvalue weighted by molar-refractivity contribution is -0.113. The molecule has 9 heteroatoms. The number of rotatable bonds is 8. The summed E-state index contributed by atoms with van der Waals surface area (Å²) < 4.78 is 1.63. The first-order valence-corrected chi connectivity index (χ1v) is 10.7. The van der Waals surface area contributed by atoms with Crippen LogP contribution in [-0.2, 0) is 10.5 Å². The van der Waals surface area contributed by atoms with Crippen LogP contribution in [0.2, 0.25) is 0 Å². The third-order valence-corrected chi connectivity index (χ3v) is 6.63. The number of anilines is 1. The molecule has 1 aromatic heterocycles. The lowest BCUT2D eigenvalue weighted by atomic mass is 10.2. The molecule has 2 amide bonds. The number of nitrogens with zero attached hydrogens (tertiary/aromatic N) is 2. The van der Waals surface area contributed by atoms with Gasteiger partial charge in [-0.05, 0) is 29.8 Å². The van der Waals surface area contributed by atoms with E-state index >= 15 is 0 Å². The predicted octanol–water partition coefficient (Wildman–Crippen LogP) is 3.66. The van der Waals surface area contributed by atoms with E-state index in [-0.39, 0.29) is 11.7 Å². The lowest BCUT2D eigenvalue weighted by Gasteiger charge is -2.04. The molecule has 138 valence electrons. The molecule has 0 spiro atoms. The summed E-state index contributed by atoms with van der Waals surface area (Å²) in [5.74, 6) is 0.415. The van der Waals surface area contributed by atoms with Crippen molar-refractivity contribution >= 4 is 52.4 Å². The zero-order chi connectivity index (χ0) is 19.1. The minimum atomic E-state index is -0.499. The van der Waals surface area contributed by atoms with E-state index in [0.29, 0.717) is 11.3 Å². The van der Waals surface area contributed by atoms with Crippen molar-refractivity contribution in [1.82, 2.24) is 10.2 Å². The largest absolute Gasteiger partial charge is 0.366 e. The second-order valence-electron chi connectivity index (χ2n) is 5.39. The van der Waals surface area contributed by atoms with Crippen LogP contribution in [0.5, 0.6) is 0 Å². The highest BCUT2D eigenvalue weighted by Crippen LogP contribution is 2.30.